The number of benzene rings is 1. The summed E-state index contributed by atoms with van der Waals surface area (Å²) in [5, 5.41) is 0. The second-order valence-corrected chi connectivity index (χ2v) is 5.96. The molecule has 1 aromatic carbocycles. The number of unbranched alkanes of at least 4 members (excludes halogenated alkanes) is 1. The van der Waals surface area contributed by atoms with Crippen molar-refractivity contribution >= 4 is 15.7 Å². The topological polar surface area (TPSA) is 72.2 Å². The number of nitrogens with two attached hydrogens (primary N) is 1. The van der Waals surface area contributed by atoms with Crippen molar-refractivity contribution in [2.45, 2.75) is 38.5 Å². The zero-order valence-electron chi connectivity index (χ0n) is 10.6. The van der Waals surface area contributed by atoms with Gasteiger partial charge in [-0.1, -0.05) is 13.3 Å². The fourth-order valence-corrected chi connectivity index (χ4v) is 3.02. The molecule has 17 heavy (non-hydrogen) atoms. The number of anilines is 1. The van der Waals surface area contributed by atoms with Crippen molar-refractivity contribution in [3.8, 4) is 0 Å². The maximum absolute atomic E-state index is 12.1. The molecule has 1 aromatic rings. The van der Waals surface area contributed by atoms with E-state index in [-0.39, 0.29) is 4.90 Å². The Balaban J connectivity index is 3.06. The predicted molar refractivity (Wildman–Crippen MR) is 70.4 cm³/mol. The van der Waals surface area contributed by atoms with Crippen molar-refractivity contribution in [2.24, 2.45) is 0 Å². The lowest BCUT2D eigenvalue weighted by Gasteiger charge is -2.11. The summed E-state index contributed by atoms with van der Waals surface area (Å²) in [7, 11) is -3.44. The highest BCUT2D eigenvalue weighted by atomic mass is 32.2. The lowest BCUT2D eigenvalue weighted by atomic mass is 10.1. The van der Waals surface area contributed by atoms with E-state index in [0.29, 0.717) is 17.8 Å². The summed E-state index contributed by atoms with van der Waals surface area (Å²) in [6, 6.07) is 3.43. The quantitative estimate of drug-likeness (QED) is 0.625. The molecule has 0 aliphatic carbocycles. The molecule has 0 unspecified atom stereocenters. The maximum Gasteiger partial charge on any atom is 0.240 e. The van der Waals surface area contributed by atoms with Gasteiger partial charge in [0.25, 0.3) is 0 Å². The summed E-state index contributed by atoms with van der Waals surface area (Å²) >= 11 is 0. The Bertz CT molecular complexity index is 495. The molecule has 5 heteroatoms. The van der Waals surface area contributed by atoms with Crippen LogP contribution in [0.4, 0.5) is 5.69 Å². The summed E-state index contributed by atoms with van der Waals surface area (Å²) in [5.41, 5.74) is 7.76. The van der Waals surface area contributed by atoms with E-state index in [0.717, 1.165) is 18.4 Å². The number of rotatable bonds is 5. The first-order valence-electron chi connectivity index (χ1n) is 5.75. The van der Waals surface area contributed by atoms with Crippen molar-refractivity contribution in [2.75, 3.05) is 12.3 Å². The van der Waals surface area contributed by atoms with Crippen LogP contribution in [0.2, 0.25) is 0 Å². The third-order valence-electron chi connectivity index (χ3n) is 2.66. The minimum absolute atomic E-state index is 0.283. The van der Waals surface area contributed by atoms with Gasteiger partial charge < -0.3 is 5.73 Å². The molecule has 0 atom stereocenters. The molecule has 0 radical (unpaired) electrons. The lowest BCUT2D eigenvalue weighted by Crippen LogP contribution is -2.25. The van der Waals surface area contributed by atoms with Gasteiger partial charge in [-0.25, -0.2) is 13.1 Å². The molecule has 1 rings (SSSR count). The summed E-state index contributed by atoms with van der Waals surface area (Å²) in [6.45, 7) is 6.04. The highest BCUT2D eigenvalue weighted by molar-refractivity contribution is 7.89. The predicted octanol–water partition coefficient (Wildman–Crippen LogP) is 1.96. The van der Waals surface area contributed by atoms with Crippen LogP contribution in [-0.4, -0.2) is 15.0 Å². The first-order chi connectivity index (χ1) is 7.88. The van der Waals surface area contributed by atoms with Gasteiger partial charge in [0.1, 0.15) is 0 Å². The van der Waals surface area contributed by atoms with E-state index in [4.69, 9.17) is 5.73 Å². The lowest BCUT2D eigenvalue weighted by molar-refractivity contribution is 0.577. The Morgan fingerprint density at radius 2 is 1.94 bits per heavy atom. The van der Waals surface area contributed by atoms with E-state index >= 15 is 0 Å². The van der Waals surface area contributed by atoms with Gasteiger partial charge in [-0.05, 0) is 43.5 Å². The SMILES string of the molecule is CCCCNS(=O)(=O)c1cc(C)cc(N)c1C. The first kappa shape index (κ1) is 14.0. The second kappa shape index (κ2) is 5.51. The van der Waals surface area contributed by atoms with Gasteiger partial charge in [-0.3, -0.25) is 0 Å². The number of hydrogen-bond acceptors (Lipinski definition) is 3. The van der Waals surface area contributed by atoms with Gasteiger partial charge in [0.05, 0.1) is 4.90 Å². The fraction of sp³-hybridized carbons (Fsp3) is 0.500. The Kier molecular flexibility index (Phi) is 4.54. The van der Waals surface area contributed by atoms with Crippen LogP contribution >= 0.6 is 0 Å². The number of nitrogen functional groups attached to an aromatic ring is 1. The van der Waals surface area contributed by atoms with E-state index in [1.807, 2.05) is 13.8 Å². The maximum atomic E-state index is 12.1. The van der Waals surface area contributed by atoms with Gasteiger partial charge in [0.2, 0.25) is 10.0 Å². The van der Waals surface area contributed by atoms with Crippen LogP contribution in [0.3, 0.4) is 0 Å². The molecule has 0 aromatic heterocycles. The van der Waals surface area contributed by atoms with E-state index in [2.05, 4.69) is 4.72 Å². The van der Waals surface area contributed by atoms with E-state index in [1.165, 1.54) is 0 Å². The van der Waals surface area contributed by atoms with Gasteiger partial charge in [0.15, 0.2) is 0 Å². The Morgan fingerprint density at radius 3 is 2.53 bits per heavy atom. The molecule has 3 N–H and O–H groups in total. The molecule has 0 spiro atoms. The number of nitrogens with one attached hydrogen (secondary N) is 1. The smallest absolute Gasteiger partial charge is 0.240 e. The summed E-state index contributed by atoms with van der Waals surface area (Å²) in [6.07, 6.45) is 1.79. The molecule has 4 nitrogen and oxygen atoms in total. The van der Waals surface area contributed by atoms with Crippen molar-refractivity contribution in [3.63, 3.8) is 0 Å². The molecule has 0 saturated heterocycles. The Morgan fingerprint density at radius 1 is 1.29 bits per heavy atom. The molecule has 96 valence electrons. The average molecular weight is 256 g/mol. The van der Waals surface area contributed by atoms with Crippen LogP contribution in [0.1, 0.15) is 30.9 Å². The molecular weight excluding hydrogens is 236 g/mol. The van der Waals surface area contributed by atoms with Crippen LogP contribution in [-0.2, 0) is 10.0 Å². The highest BCUT2D eigenvalue weighted by Crippen LogP contribution is 2.22. The molecule has 0 heterocycles. The van der Waals surface area contributed by atoms with Gasteiger partial charge >= 0.3 is 0 Å². The third kappa shape index (κ3) is 3.44. The molecule has 0 bridgehead atoms. The second-order valence-electron chi connectivity index (χ2n) is 4.23. The average Bonchev–Trinajstić information content (AvgIpc) is 2.23. The zero-order valence-corrected chi connectivity index (χ0v) is 11.4. The molecule has 0 aliphatic heterocycles. The third-order valence-corrected chi connectivity index (χ3v) is 4.24. The minimum Gasteiger partial charge on any atom is -0.398 e. The summed E-state index contributed by atoms with van der Waals surface area (Å²) in [4.78, 5) is 0.283. The Hall–Kier alpha value is -1.07. The van der Waals surface area contributed by atoms with Crippen LogP contribution in [0.25, 0.3) is 0 Å². The minimum atomic E-state index is -3.44. The van der Waals surface area contributed by atoms with Crippen LogP contribution < -0.4 is 10.5 Å². The van der Waals surface area contributed by atoms with E-state index in [1.54, 1.807) is 19.1 Å². The van der Waals surface area contributed by atoms with Crippen LogP contribution in [0, 0.1) is 13.8 Å². The van der Waals surface area contributed by atoms with E-state index < -0.39 is 10.0 Å². The van der Waals surface area contributed by atoms with Crippen molar-refractivity contribution in [3.05, 3.63) is 23.3 Å². The first-order valence-corrected chi connectivity index (χ1v) is 7.23. The van der Waals surface area contributed by atoms with Crippen molar-refractivity contribution < 1.29 is 8.42 Å². The number of hydrogen-bond donors (Lipinski definition) is 2. The summed E-state index contributed by atoms with van der Waals surface area (Å²) < 4.78 is 26.7. The van der Waals surface area contributed by atoms with Crippen LogP contribution in [0.5, 0.6) is 0 Å². The summed E-state index contributed by atoms with van der Waals surface area (Å²) in [5.74, 6) is 0. The van der Waals surface area contributed by atoms with Crippen molar-refractivity contribution in [1.29, 1.82) is 0 Å². The number of aryl methyl sites for hydroxylation is 1. The molecule has 0 amide bonds. The molecule has 0 saturated carbocycles. The van der Waals surface area contributed by atoms with Gasteiger partial charge in [-0.2, -0.15) is 0 Å². The van der Waals surface area contributed by atoms with E-state index in [9.17, 15) is 8.42 Å². The molecule has 0 fully saturated rings. The largest absolute Gasteiger partial charge is 0.398 e. The Labute approximate surface area is 103 Å². The highest BCUT2D eigenvalue weighted by Gasteiger charge is 2.17. The van der Waals surface area contributed by atoms with Crippen molar-refractivity contribution in [1.82, 2.24) is 4.72 Å². The van der Waals surface area contributed by atoms with Gasteiger partial charge in [-0.15, -0.1) is 0 Å². The monoisotopic (exact) mass is 256 g/mol. The molecular formula is C12H20N2O2S. The van der Waals surface area contributed by atoms with Crippen LogP contribution in [0.15, 0.2) is 17.0 Å². The number of sulfonamides is 1. The molecule has 0 aliphatic rings. The normalized spacial score (nSPS) is 11.7. The fourth-order valence-electron chi connectivity index (χ4n) is 1.59. The van der Waals surface area contributed by atoms with Gasteiger partial charge in [0, 0.05) is 12.2 Å². The standard InChI is InChI=1S/C12H20N2O2S/c1-4-5-6-14-17(15,16)12-8-9(2)7-11(13)10(12)3/h7-8,14H,4-6,13H2,1-3H3. The zero-order chi connectivity index (χ0) is 13.1.